The molecule has 2 amide bonds. The quantitative estimate of drug-likeness (QED) is 0.0593. The van der Waals surface area contributed by atoms with Crippen molar-refractivity contribution in [3.8, 4) is 5.75 Å². The predicted octanol–water partition coefficient (Wildman–Crippen LogP) is 3.18. The van der Waals surface area contributed by atoms with Gasteiger partial charge in [-0.15, -0.1) is 0 Å². The van der Waals surface area contributed by atoms with Crippen LogP contribution in [0.1, 0.15) is 39.8 Å². The first kappa shape index (κ1) is 33.9. The van der Waals surface area contributed by atoms with Crippen LogP contribution in [0.15, 0.2) is 48.6 Å². The number of nitro benzene ring substituents is 1. The molecule has 0 atom stereocenters. The number of amides is 2. The monoisotopic (exact) mass is 660 g/mol. The van der Waals surface area contributed by atoms with E-state index in [1.165, 1.54) is 12.1 Å². The first-order valence-electron chi connectivity index (χ1n) is 15.7. The first-order chi connectivity index (χ1) is 23.1. The summed E-state index contributed by atoms with van der Waals surface area (Å²) < 4.78 is 15.5. The van der Waals surface area contributed by atoms with Crippen LogP contribution in [0.3, 0.4) is 0 Å². The second kappa shape index (κ2) is 15.4. The number of hydrogen-bond acceptors (Lipinski definition) is 11. The molecule has 0 bridgehead atoms. The molecule has 0 saturated carbocycles. The van der Waals surface area contributed by atoms with Gasteiger partial charge in [-0.3, -0.25) is 24.6 Å². The van der Waals surface area contributed by atoms with Gasteiger partial charge < -0.3 is 36.1 Å². The maximum Gasteiger partial charge on any atom is 0.293 e. The Morgan fingerprint density at radius 2 is 1.88 bits per heavy atom. The lowest BCUT2D eigenvalue weighted by molar-refractivity contribution is -0.384. The molecule has 3 heterocycles. The van der Waals surface area contributed by atoms with Crippen molar-refractivity contribution in [2.75, 3.05) is 56.6 Å². The van der Waals surface area contributed by atoms with E-state index >= 15 is 0 Å². The number of benzene rings is 2. The van der Waals surface area contributed by atoms with E-state index in [4.69, 9.17) is 25.9 Å². The lowest BCUT2D eigenvalue weighted by Crippen LogP contribution is -2.37. The molecule has 0 spiro atoms. The summed E-state index contributed by atoms with van der Waals surface area (Å²) in [6.45, 7) is 9.59. The van der Waals surface area contributed by atoms with Crippen molar-refractivity contribution in [1.82, 2.24) is 24.2 Å². The lowest BCUT2D eigenvalue weighted by Gasteiger charge is -2.26. The van der Waals surface area contributed by atoms with Crippen molar-refractivity contribution < 1.29 is 24.0 Å². The van der Waals surface area contributed by atoms with Crippen LogP contribution in [0.5, 0.6) is 5.75 Å². The third-order valence-electron chi connectivity index (χ3n) is 7.86. The van der Waals surface area contributed by atoms with Crippen molar-refractivity contribution >= 4 is 46.0 Å². The number of fused-ring (bicyclic) bond motifs is 1. The molecule has 16 nitrogen and oxygen atoms in total. The number of aryl methyl sites for hydroxylation is 2. The summed E-state index contributed by atoms with van der Waals surface area (Å²) in [6.07, 6.45) is 4.48. The van der Waals surface area contributed by atoms with Gasteiger partial charge in [0.25, 0.3) is 5.69 Å². The lowest BCUT2D eigenvalue weighted by atomic mass is 10.1. The van der Waals surface area contributed by atoms with Gasteiger partial charge >= 0.3 is 0 Å². The van der Waals surface area contributed by atoms with E-state index in [0.717, 1.165) is 56.8 Å². The van der Waals surface area contributed by atoms with Crippen LogP contribution in [0.4, 0.5) is 23.1 Å². The summed E-state index contributed by atoms with van der Waals surface area (Å²) in [7, 11) is 0. The predicted molar refractivity (Wildman–Crippen MR) is 181 cm³/mol. The second-order valence-electron chi connectivity index (χ2n) is 11.2. The number of nitrogens with one attached hydrogen (secondary N) is 2. The molecule has 1 saturated heterocycles. The number of allylic oxidation sites excluding steroid dienone is 1. The van der Waals surface area contributed by atoms with Gasteiger partial charge in [0.1, 0.15) is 22.8 Å². The highest BCUT2D eigenvalue weighted by atomic mass is 16.6. The minimum atomic E-state index is -0.748. The number of rotatable bonds is 16. The normalized spacial score (nSPS) is 13.6. The fourth-order valence-electron chi connectivity index (χ4n) is 5.47. The smallest absolute Gasteiger partial charge is 0.293 e. The maximum absolute atomic E-state index is 12.3. The number of nitro groups is 1. The molecule has 48 heavy (non-hydrogen) atoms. The maximum atomic E-state index is 12.3. The third kappa shape index (κ3) is 8.08. The van der Waals surface area contributed by atoms with Crippen molar-refractivity contribution in [2.24, 2.45) is 11.5 Å². The Balaban J connectivity index is 1.42. The van der Waals surface area contributed by atoms with Crippen LogP contribution in [-0.4, -0.2) is 87.0 Å². The highest BCUT2D eigenvalue weighted by molar-refractivity contribution is 5.99. The van der Waals surface area contributed by atoms with E-state index in [2.05, 4.69) is 20.6 Å². The Hall–Kier alpha value is -5.48. The highest BCUT2D eigenvalue weighted by Gasteiger charge is 2.20. The average molecular weight is 661 g/mol. The summed E-state index contributed by atoms with van der Waals surface area (Å²) >= 11 is 0. The Labute approximate surface area is 276 Å². The topological polar surface area (TPSA) is 211 Å². The largest absolute Gasteiger partial charge is 0.491 e. The molecule has 2 aromatic heterocycles. The summed E-state index contributed by atoms with van der Waals surface area (Å²) in [5.74, 6) is 0.368. The molecule has 16 heteroatoms. The molecule has 1 fully saturated rings. The van der Waals surface area contributed by atoms with Crippen molar-refractivity contribution in [3.05, 3.63) is 75.5 Å². The van der Waals surface area contributed by atoms with Crippen LogP contribution in [0.2, 0.25) is 0 Å². The van der Waals surface area contributed by atoms with Crippen LogP contribution in [0.25, 0.3) is 11.0 Å². The first-order valence-corrected chi connectivity index (χ1v) is 15.7. The summed E-state index contributed by atoms with van der Waals surface area (Å²) in [6, 6.07) is 9.24. The van der Waals surface area contributed by atoms with Gasteiger partial charge in [0, 0.05) is 62.5 Å². The van der Waals surface area contributed by atoms with Gasteiger partial charge in [-0.05, 0) is 44.5 Å². The molecule has 0 unspecified atom stereocenters. The standard InChI is InChI=1S/C32H40N10O6/c1-3-41-28(17-21(2)38-41)37-32-36-25-18-23(31(34)44)20-27(48-14-6-10-39-12-15-47-16-13-39)29(25)40(32)11-5-4-9-35-24-8-7-22(30(33)43)19-26(24)42(45)46/h4-5,7-8,17-20,35H,3,6,9-16H2,1-2H3,(H2,33,43)(H2,34,44)(H,36,37)/b5-4+. The number of primary amides is 2. The Bertz CT molecular complexity index is 1830. The Kier molecular flexibility index (Phi) is 10.9. The van der Waals surface area contributed by atoms with Crippen LogP contribution in [0, 0.1) is 17.0 Å². The Morgan fingerprint density at radius 3 is 2.58 bits per heavy atom. The molecular formula is C32H40N10O6. The average Bonchev–Trinajstić information content (AvgIpc) is 3.61. The minimum absolute atomic E-state index is 0.0491. The molecule has 0 radical (unpaired) electrons. The molecule has 2 aromatic carbocycles. The highest BCUT2D eigenvalue weighted by Crippen LogP contribution is 2.32. The van der Waals surface area contributed by atoms with Crippen LogP contribution in [-0.2, 0) is 17.8 Å². The Morgan fingerprint density at radius 1 is 1.10 bits per heavy atom. The molecule has 6 N–H and O–H groups in total. The van der Waals surface area contributed by atoms with Gasteiger partial charge in [-0.1, -0.05) is 12.2 Å². The van der Waals surface area contributed by atoms with Gasteiger partial charge in [0.15, 0.2) is 0 Å². The number of anilines is 3. The van der Waals surface area contributed by atoms with Gasteiger partial charge in [-0.2, -0.15) is 5.10 Å². The molecule has 0 aliphatic carbocycles. The number of morpholine rings is 1. The van der Waals surface area contributed by atoms with E-state index in [1.54, 1.807) is 12.1 Å². The van der Waals surface area contributed by atoms with Crippen LogP contribution < -0.4 is 26.8 Å². The van der Waals surface area contributed by atoms with Gasteiger partial charge in [0.05, 0.1) is 36.0 Å². The fraction of sp³-hybridized carbons (Fsp3) is 0.375. The SMILES string of the molecule is CCn1nc(C)cc1Nc1nc2cc(C(N)=O)cc(OCCCN3CCOCC3)c2n1C/C=C/CNc1ccc(C(N)=O)cc1[N+](=O)[O-]. The zero-order valence-electron chi connectivity index (χ0n) is 27.0. The number of ether oxygens (including phenoxy) is 2. The molecule has 1 aliphatic rings. The number of carbonyl (C=O) groups excluding carboxylic acids is 2. The minimum Gasteiger partial charge on any atom is -0.491 e. The molecular weight excluding hydrogens is 620 g/mol. The van der Waals surface area contributed by atoms with Gasteiger partial charge in [0.2, 0.25) is 17.8 Å². The number of hydrogen-bond donors (Lipinski definition) is 4. The number of carbonyl (C=O) groups is 2. The zero-order valence-corrected chi connectivity index (χ0v) is 27.0. The van der Waals surface area contributed by atoms with E-state index in [9.17, 15) is 19.7 Å². The molecule has 1 aliphatic heterocycles. The van der Waals surface area contributed by atoms with Gasteiger partial charge in [-0.25, -0.2) is 9.67 Å². The van der Waals surface area contributed by atoms with Crippen LogP contribution >= 0.6 is 0 Å². The molecule has 5 rings (SSSR count). The number of nitrogens with zero attached hydrogens (tertiary/aromatic N) is 6. The van der Waals surface area contributed by atoms with Crippen molar-refractivity contribution in [2.45, 2.75) is 33.4 Å². The summed E-state index contributed by atoms with van der Waals surface area (Å²) in [5, 5.41) is 22.5. The van der Waals surface area contributed by atoms with E-state index in [0.29, 0.717) is 42.4 Å². The number of imidazole rings is 1. The number of nitrogens with two attached hydrogens (primary N) is 2. The van der Waals surface area contributed by atoms with E-state index in [1.807, 2.05) is 41.3 Å². The second-order valence-corrected chi connectivity index (χ2v) is 11.2. The number of aromatic nitrogens is 4. The molecule has 254 valence electrons. The van der Waals surface area contributed by atoms with Crippen molar-refractivity contribution in [3.63, 3.8) is 0 Å². The fourth-order valence-corrected chi connectivity index (χ4v) is 5.47. The third-order valence-corrected chi connectivity index (χ3v) is 7.86. The van der Waals surface area contributed by atoms with E-state index < -0.39 is 16.7 Å². The summed E-state index contributed by atoms with van der Waals surface area (Å²) in [5.41, 5.74) is 13.3. The van der Waals surface area contributed by atoms with Crippen molar-refractivity contribution in [1.29, 1.82) is 0 Å². The zero-order chi connectivity index (χ0) is 34.2. The van der Waals surface area contributed by atoms with E-state index in [-0.39, 0.29) is 29.0 Å². The summed E-state index contributed by atoms with van der Waals surface area (Å²) in [4.78, 5) is 42.0. The molecule has 4 aromatic rings.